The average molecular weight is 215 g/mol. The first-order valence-corrected chi connectivity index (χ1v) is 6.22. The fraction of sp³-hybridized carbons (Fsp3) is 1.00. The lowest BCUT2D eigenvalue weighted by Gasteiger charge is -2.20. The van der Waals surface area contributed by atoms with Gasteiger partial charge in [-0.3, -0.25) is 0 Å². The van der Waals surface area contributed by atoms with Crippen LogP contribution in [0.5, 0.6) is 0 Å². The van der Waals surface area contributed by atoms with Gasteiger partial charge in [-0.15, -0.1) is 0 Å². The van der Waals surface area contributed by atoms with Gasteiger partial charge in [0.05, 0.1) is 12.2 Å². The summed E-state index contributed by atoms with van der Waals surface area (Å²) in [5, 5.41) is 0. The normalized spacial score (nSPS) is 25.4. The molecule has 3 heteroatoms. The highest BCUT2D eigenvalue weighted by Crippen LogP contribution is 2.18. The third-order valence-electron chi connectivity index (χ3n) is 3.12. The zero-order chi connectivity index (χ0) is 11.1. The van der Waals surface area contributed by atoms with Crippen molar-refractivity contribution in [3.63, 3.8) is 0 Å². The summed E-state index contributed by atoms with van der Waals surface area (Å²) in [5.74, 6) is 0. The van der Waals surface area contributed by atoms with Crippen LogP contribution in [-0.2, 0) is 9.47 Å². The minimum atomic E-state index is 0.173. The maximum absolute atomic E-state index is 6.02. The van der Waals surface area contributed by atoms with Crippen molar-refractivity contribution in [2.24, 2.45) is 5.73 Å². The maximum atomic E-state index is 6.02. The number of hydrogen-bond acceptors (Lipinski definition) is 3. The Balaban J connectivity index is 2.02. The van der Waals surface area contributed by atoms with E-state index in [0.717, 1.165) is 32.5 Å². The summed E-state index contributed by atoms with van der Waals surface area (Å²) < 4.78 is 11.0. The van der Waals surface area contributed by atoms with Crippen LogP contribution in [0.25, 0.3) is 0 Å². The number of hydrogen-bond donors (Lipinski definition) is 1. The lowest BCUT2D eigenvalue weighted by Crippen LogP contribution is -2.34. The first-order valence-electron chi connectivity index (χ1n) is 6.22. The maximum Gasteiger partial charge on any atom is 0.0697 e. The predicted molar refractivity (Wildman–Crippen MR) is 61.9 cm³/mol. The number of nitrogens with two attached hydrogens (primary N) is 1. The largest absolute Gasteiger partial charge is 0.378 e. The first-order chi connectivity index (χ1) is 7.24. The van der Waals surface area contributed by atoms with Gasteiger partial charge in [0.2, 0.25) is 0 Å². The van der Waals surface area contributed by atoms with Crippen molar-refractivity contribution in [3.8, 4) is 0 Å². The molecule has 0 aromatic carbocycles. The molecule has 1 saturated heterocycles. The molecule has 0 spiro atoms. The van der Waals surface area contributed by atoms with E-state index in [0.29, 0.717) is 6.10 Å². The smallest absolute Gasteiger partial charge is 0.0697 e. The fourth-order valence-corrected chi connectivity index (χ4v) is 2.07. The molecule has 0 aliphatic carbocycles. The summed E-state index contributed by atoms with van der Waals surface area (Å²) >= 11 is 0. The van der Waals surface area contributed by atoms with Crippen molar-refractivity contribution >= 4 is 0 Å². The highest BCUT2D eigenvalue weighted by molar-refractivity contribution is 4.71. The standard InChI is InChI=1S/C12H25NO2/c1-3-14-10(2)12(13)8-4-6-11-7-5-9-15-11/h10-12H,3-9,13H2,1-2H3. The Morgan fingerprint density at radius 3 is 2.93 bits per heavy atom. The molecule has 0 aromatic heterocycles. The second-order valence-electron chi connectivity index (χ2n) is 4.39. The van der Waals surface area contributed by atoms with Gasteiger partial charge in [-0.2, -0.15) is 0 Å². The van der Waals surface area contributed by atoms with E-state index in [4.69, 9.17) is 15.2 Å². The number of ether oxygens (including phenoxy) is 2. The first kappa shape index (κ1) is 12.9. The Bertz CT molecular complexity index is 158. The van der Waals surface area contributed by atoms with Crippen LogP contribution >= 0.6 is 0 Å². The Labute approximate surface area is 93.3 Å². The Morgan fingerprint density at radius 1 is 1.53 bits per heavy atom. The van der Waals surface area contributed by atoms with Gasteiger partial charge >= 0.3 is 0 Å². The van der Waals surface area contributed by atoms with Crippen molar-refractivity contribution in [1.82, 2.24) is 0 Å². The third-order valence-corrected chi connectivity index (χ3v) is 3.12. The summed E-state index contributed by atoms with van der Waals surface area (Å²) in [6.07, 6.45) is 6.50. The zero-order valence-corrected chi connectivity index (χ0v) is 10.1. The van der Waals surface area contributed by atoms with Crippen LogP contribution in [0, 0.1) is 0 Å². The fourth-order valence-electron chi connectivity index (χ4n) is 2.07. The van der Waals surface area contributed by atoms with Crippen LogP contribution in [0.1, 0.15) is 46.0 Å². The molecule has 0 bridgehead atoms. The summed E-state index contributed by atoms with van der Waals surface area (Å²) in [6, 6.07) is 0.173. The highest BCUT2D eigenvalue weighted by atomic mass is 16.5. The van der Waals surface area contributed by atoms with Crippen LogP contribution in [0.4, 0.5) is 0 Å². The molecule has 0 saturated carbocycles. The molecule has 1 rings (SSSR count). The van der Waals surface area contributed by atoms with Gasteiger partial charge in [-0.1, -0.05) is 0 Å². The van der Waals surface area contributed by atoms with E-state index in [2.05, 4.69) is 6.92 Å². The summed E-state index contributed by atoms with van der Waals surface area (Å²) in [6.45, 7) is 5.77. The molecule has 3 nitrogen and oxygen atoms in total. The van der Waals surface area contributed by atoms with Crippen molar-refractivity contribution in [1.29, 1.82) is 0 Å². The monoisotopic (exact) mass is 215 g/mol. The van der Waals surface area contributed by atoms with Crippen molar-refractivity contribution in [2.45, 2.75) is 64.2 Å². The molecule has 2 N–H and O–H groups in total. The predicted octanol–water partition coefficient (Wildman–Crippen LogP) is 2.09. The van der Waals surface area contributed by atoms with Crippen LogP contribution < -0.4 is 5.73 Å². The molecule has 3 unspecified atom stereocenters. The summed E-state index contributed by atoms with van der Waals surface area (Å²) in [5.41, 5.74) is 6.02. The van der Waals surface area contributed by atoms with Crippen LogP contribution in [0.3, 0.4) is 0 Å². The Hall–Kier alpha value is -0.120. The quantitative estimate of drug-likeness (QED) is 0.707. The zero-order valence-electron chi connectivity index (χ0n) is 10.1. The molecular weight excluding hydrogens is 190 g/mol. The lowest BCUT2D eigenvalue weighted by atomic mass is 10.0. The average Bonchev–Trinajstić information content (AvgIpc) is 2.71. The topological polar surface area (TPSA) is 44.5 Å². The molecule has 0 radical (unpaired) electrons. The van der Waals surface area contributed by atoms with Gasteiger partial charge in [-0.05, 0) is 46.0 Å². The lowest BCUT2D eigenvalue weighted by molar-refractivity contribution is 0.0524. The molecule has 1 heterocycles. The van der Waals surface area contributed by atoms with E-state index >= 15 is 0 Å². The second-order valence-corrected chi connectivity index (χ2v) is 4.39. The highest BCUT2D eigenvalue weighted by Gasteiger charge is 2.17. The molecule has 0 aromatic rings. The van der Waals surface area contributed by atoms with Crippen LogP contribution in [0.2, 0.25) is 0 Å². The van der Waals surface area contributed by atoms with E-state index < -0.39 is 0 Å². The van der Waals surface area contributed by atoms with Crippen LogP contribution in [-0.4, -0.2) is 31.5 Å². The molecule has 1 fully saturated rings. The molecule has 1 aliphatic heterocycles. The van der Waals surface area contributed by atoms with Gasteiger partial charge in [0.15, 0.2) is 0 Å². The minimum absolute atomic E-state index is 0.173. The summed E-state index contributed by atoms with van der Waals surface area (Å²) in [7, 11) is 0. The molecule has 90 valence electrons. The molecule has 15 heavy (non-hydrogen) atoms. The number of rotatable bonds is 7. The van der Waals surface area contributed by atoms with Gasteiger partial charge in [0.1, 0.15) is 0 Å². The summed E-state index contributed by atoms with van der Waals surface area (Å²) in [4.78, 5) is 0. The Kier molecular flexibility index (Phi) is 6.22. The van der Waals surface area contributed by atoms with Gasteiger partial charge in [0.25, 0.3) is 0 Å². The van der Waals surface area contributed by atoms with Gasteiger partial charge in [-0.25, -0.2) is 0 Å². The van der Waals surface area contributed by atoms with Gasteiger partial charge < -0.3 is 15.2 Å². The van der Waals surface area contributed by atoms with Crippen molar-refractivity contribution < 1.29 is 9.47 Å². The Morgan fingerprint density at radius 2 is 2.33 bits per heavy atom. The van der Waals surface area contributed by atoms with E-state index in [-0.39, 0.29) is 12.1 Å². The molecular formula is C12H25NO2. The van der Waals surface area contributed by atoms with E-state index in [1.807, 2.05) is 6.92 Å². The van der Waals surface area contributed by atoms with Crippen molar-refractivity contribution in [2.75, 3.05) is 13.2 Å². The third kappa shape index (κ3) is 4.96. The van der Waals surface area contributed by atoms with E-state index in [1.54, 1.807) is 0 Å². The second kappa shape index (κ2) is 7.20. The van der Waals surface area contributed by atoms with E-state index in [1.165, 1.54) is 12.8 Å². The van der Waals surface area contributed by atoms with E-state index in [9.17, 15) is 0 Å². The minimum Gasteiger partial charge on any atom is -0.378 e. The SMILES string of the molecule is CCOC(C)C(N)CCCC1CCCO1. The molecule has 0 amide bonds. The molecule has 3 atom stereocenters. The molecule has 1 aliphatic rings. The van der Waals surface area contributed by atoms with Crippen LogP contribution in [0.15, 0.2) is 0 Å². The van der Waals surface area contributed by atoms with Crippen molar-refractivity contribution in [3.05, 3.63) is 0 Å². The van der Waals surface area contributed by atoms with Gasteiger partial charge in [0, 0.05) is 19.3 Å².